The van der Waals surface area contributed by atoms with E-state index in [1.54, 1.807) is 0 Å². The molecule has 3 heteroatoms. The highest BCUT2D eigenvalue weighted by Crippen LogP contribution is 2.48. The van der Waals surface area contributed by atoms with Crippen molar-refractivity contribution in [2.45, 2.75) is 95.1 Å². The molecule has 0 amide bonds. The predicted molar refractivity (Wildman–Crippen MR) is 226 cm³/mol. The lowest BCUT2D eigenvalue weighted by Crippen LogP contribution is -2.18. The summed E-state index contributed by atoms with van der Waals surface area (Å²) < 4.78 is 6.22. The fourth-order valence-electron chi connectivity index (χ4n) is 8.65. The number of anilines is 6. The second-order valence-electron chi connectivity index (χ2n) is 15.7. The summed E-state index contributed by atoms with van der Waals surface area (Å²) in [6, 6.07) is 36.1. The Bertz CT molecular complexity index is 2190. The van der Waals surface area contributed by atoms with Crippen LogP contribution in [0.15, 0.2) is 97.1 Å². The minimum atomic E-state index is 0.591. The molecule has 270 valence electrons. The SMILES string of the molecule is Cc1cc(C)c(N2c3ccc(C)cc3CCCc3cc(C)ccc32)c(C)c1.Cc1cc(C)c(N2c3ccc(C)cc3COc3cc(C)ccc32)c(C)c1. The van der Waals surface area contributed by atoms with Crippen LogP contribution in [0, 0.1) is 69.2 Å². The molecular weight excluding hydrogens is 645 g/mol. The second kappa shape index (κ2) is 14.6. The monoisotopic (exact) mass is 698 g/mol. The zero-order valence-electron chi connectivity index (χ0n) is 33.4. The summed E-state index contributed by atoms with van der Waals surface area (Å²) in [5.74, 6) is 0.943. The van der Waals surface area contributed by atoms with Gasteiger partial charge in [-0.05, 0) is 158 Å². The molecule has 6 aromatic rings. The average Bonchev–Trinajstić information content (AvgIpc) is 3.22. The summed E-state index contributed by atoms with van der Waals surface area (Å²) in [6.07, 6.45) is 3.46. The van der Waals surface area contributed by atoms with Crippen molar-refractivity contribution in [1.82, 2.24) is 0 Å². The van der Waals surface area contributed by atoms with Crippen LogP contribution in [0.1, 0.15) is 78.7 Å². The first-order valence-electron chi connectivity index (χ1n) is 19.2. The van der Waals surface area contributed by atoms with E-state index >= 15 is 0 Å². The third-order valence-corrected chi connectivity index (χ3v) is 10.8. The average molecular weight is 699 g/mol. The van der Waals surface area contributed by atoms with Crippen molar-refractivity contribution in [2.75, 3.05) is 9.80 Å². The lowest BCUT2D eigenvalue weighted by Gasteiger charge is -2.34. The zero-order chi connectivity index (χ0) is 37.6. The third-order valence-electron chi connectivity index (χ3n) is 10.8. The lowest BCUT2D eigenvalue weighted by molar-refractivity contribution is 0.310. The van der Waals surface area contributed by atoms with Gasteiger partial charge in [-0.1, -0.05) is 94.5 Å². The largest absolute Gasteiger partial charge is 0.487 e. The van der Waals surface area contributed by atoms with Gasteiger partial charge in [0.15, 0.2) is 0 Å². The molecule has 3 nitrogen and oxygen atoms in total. The Hall–Kier alpha value is -5.28. The van der Waals surface area contributed by atoms with E-state index in [2.05, 4.69) is 176 Å². The fourth-order valence-corrected chi connectivity index (χ4v) is 8.65. The molecule has 0 atom stereocenters. The van der Waals surface area contributed by atoms with Gasteiger partial charge in [-0.15, -0.1) is 0 Å². The summed E-state index contributed by atoms with van der Waals surface area (Å²) in [4.78, 5) is 4.90. The van der Waals surface area contributed by atoms with E-state index in [0.29, 0.717) is 6.61 Å². The van der Waals surface area contributed by atoms with Gasteiger partial charge in [-0.3, -0.25) is 0 Å². The van der Waals surface area contributed by atoms with Gasteiger partial charge in [0.05, 0.1) is 22.7 Å². The number of ether oxygens (including phenoxy) is 1. The van der Waals surface area contributed by atoms with Crippen LogP contribution in [-0.4, -0.2) is 0 Å². The van der Waals surface area contributed by atoms with Crippen LogP contribution in [0.25, 0.3) is 0 Å². The highest BCUT2D eigenvalue weighted by atomic mass is 16.5. The standard InChI is InChI=1S/C26H29N.C24H25NO/c1-17-9-11-24-22(15-17)7-6-8-23-16-18(2)10-12-25(23)27(24)26-20(4)13-19(3)14-21(26)5;1-15-6-8-21-20(12-15)14-26-23-13-16(2)7-9-22(23)25(21)24-18(4)10-17(3)11-19(24)5/h9-16H,6-8H2,1-5H3;6-13H,14H2,1-5H3. The molecule has 2 aliphatic rings. The van der Waals surface area contributed by atoms with Crippen molar-refractivity contribution in [3.8, 4) is 5.75 Å². The highest BCUT2D eigenvalue weighted by molar-refractivity contribution is 5.86. The van der Waals surface area contributed by atoms with Crippen LogP contribution in [0.5, 0.6) is 5.75 Å². The Kier molecular flexibility index (Phi) is 9.96. The fraction of sp³-hybridized carbons (Fsp3) is 0.280. The van der Waals surface area contributed by atoms with E-state index in [1.807, 2.05) is 0 Å². The Morgan fingerprint density at radius 3 is 1.19 bits per heavy atom. The molecule has 2 aliphatic heterocycles. The molecular formula is C50H54N2O. The topological polar surface area (TPSA) is 15.7 Å². The van der Waals surface area contributed by atoms with Crippen molar-refractivity contribution in [2.24, 2.45) is 0 Å². The molecule has 2 heterocycles. The first kappa shape index (κ1) is 36.1. The molecule has 0 fully saturated rings. The smallest absolute Gasteiger partial charge is 0.144 e. The molecule has 0 saturated heterocycles. The Morgan fingerprint density at radius 1 is 0.377 bits per heavy atom. The van der Waals surface area contributed by atoms with Crippen LogP contribution in [0.2, 0.25) is 0 Å². The van der Waals surface area contributed by atoms with Gasteiger partial charge in [0, 0.05) is 16.9 Å². The van der Waals surface area contributed by atoms with E-state index in [0.717, 1.165) is 24.3 Å². The van der Waals surface area contributed by atoms with Crippen molar-refractivity contribution in [1.29, 1.82) is 0 Å². The predicted octanol–water partition coefficient (Wildman–Crippen LogP) is 13.8. The molecule has 0 aliphatic carbocycles. The number of nitrogens with zero attached hydrogens (tertiary/aromatic N) is 2. The quantitative estimate of drug-likeness (QED) is 0.179. The Balaban J connectivity index is 0.000000164. The number of hydrogen-bond donors (Lipinski definition) is 0. The molecule has 6 aromatic carbocycles. The molecule has 53 heavy (non-hydrogen) atoms. The molecule has 0 unspecified atom stereocenters. The van der Waals surface area contributed by atoms with Crippen molar-refractivity contribution in [3.63, 3.8) is 0 Å². The third kappa shape index (κ3) is 7.22. The van der Waals surface area contributed by atoms with Crippen LogP contribution >= 0.6 is 0 Å². The van der Waals surface area contributed by atoms with Gasteiger partial charge in [-0.2, -0.15) is 0 Å². The number of fused-ring (bicyclic) bond motifs is 4. The van der Waals surface area contributed by atoms with E-state index in [1.165, 1.54) is 107 Å². The van der Waals surface area contributed by atoms with Gasteiger partial charge in [0.1, 0.15) is 12.4 Å². The van der Waals surface area contributed by atoms with Crippen molar-refractivity contribution in [3.05, 3.63) is 169 Å². The molecule has 0 radical (unpaired) electrons. The minimum Gasteiger partial charge on any atom is -0.487 e. The molecule has 8 rings (SSSR count). The molecule has 0 spiro atoms. The lowest BCUT2D eigenvalue weighted by atomic mass is 9.93. The van der Waals surface area contributed by atoms with Gasteiger partial charge in [0.25, 0.3) is 0 Å². The van der Waals surface area contributed by atoms with Crippen LogP contribution < -0.4 is 14.5 Å². The second-order valence-corrected chi connectivity index (χ2v) is 15.7. The maximum atomic E-state index is 6.22. The summed E-state index contributed by atoms with van der Waals surface area (Å²) >= 11 is 0. The van der Waals surface area contributed by atoms with Gasteiger partial charge >= 0.3 is 0 Å². The van der Waals surface area contributed by atoms with E-state index in [-0.39, 0.29) is 0 Å². The minimum absolute atomic E-state index is 0.591. The first-order chi connectivity index (χ1) is 25.4. The summed E-state index contributed by atoms with van der Waals surface area (Å²) in [5.41, 5.74) is 24.7. The normalized spacial score (nSPS) is 13.2. The van der Waals surface area contributed by atoms with Gasteiger partial charge < -0.3 is 14.5 Å². The molecule has 0 bridgehead atoms. The van der Waals surface area contributed by atoms with Crippen LogP contribution in [0.3, 0.4) is 0 Å². The zero-order valence-corrected chi connectivity index (χ0v) is 33.4. The summed E-state index contributed by atoms with van der Waals surface area (Å²) in [7, 11) is 0. The Labute approximate surface area is 317 Å². The summed E-state index contributed by atoms with van der Waals surface area (Å²) in [6.45, 7) is 22.5. The highest BCUT2D eigenvalue weighted by Gasteiger charge is 2.27. The van der Waals surface area contributed by atoms with Crippen molar-refractivity contribution >= 4 is 34.1 Å². The van der Waals surface area contributed by atoms with Crippen LogP contribution in [0.4, 0.5) is 34.1 Å². The van der Waals surface area contributed by atoms with E-state index in [4.69, 9.17) is 4.74 Å². The van der Waals surface area contributed by atoms with Crippen molar-refractivity contribution < 1.29 is 4.74 Å². The first-order valence-corrected chi connectivity index (χ1v) is 19.2. The van der Waals surface area contributed by atoms with E-state index < -0.39 is 0 Å². The van der Waals surface area contributed by atoms with E-state index in [9.17, 15) is 0 Å². The number of aryl methyl sites for hydroxylation is 12. The summed E-state index contributed by atoms with van der Waals surface area (Å²) in [5, 5.41) is 0. The number of benzene rings is 6. The Morgan fingerprint density at radius 2 is 0.736 bits per heavy atom. The van der Waals surface area contributed by atoms with Crippen LogP contribution in [-0.2, 0) is 19.4 Å². The molecule has 0 saturated carbocycles. The maximum absolute atomic E-state index is 6.22. The molecule has 0 N–H and O–H groups in total. The number of hydrogen-bond acceptors (Lipinski definition) is 3. The number of rotatable bonds is 2. The van der Waals surface area contributed by atoms with Gasteiger partial charge in [-0.25, -0.2) is 0 Å². The molecule has 0 aromatic heterocycles. The maximum Gasteiger partial charge on any atom is 0.144 e. The van der Waals surface area contributed by atoms with Gasteiger partial charge in [0.2, 0.25) is 0 Å².